The number of carbonyl (C=O) groups is 1. The van der Waals surface area contributed by atoms with Gasteiger partial charge in [-0.05, 0) is 27.7 Å². The number of carbonyl (C=O) groups excluding carboxylic acids is 1. The van der Waals surface area contributed by atoms with Gasteiger partial charge in [0.05, 0.1) is 23.4 Å². The number of rotatable bonds is 7. The second kappa shape index (κ2) is 11.5. The van der Waals surface area contributed by atoms with Gasteiger partial charge in [-0.15, -0.1) is 46.7 Å². The zero-order chi connectivity index (χ0) is 19.1. The lowest BCUT2D eigenvalue weighted by Crippen LogP contribution is -2.39. The highest BCUT2D eigenvalue weighted by Crippen LogP contribution is 2.24. The van der Waals surface area contributed by atoms with Crippen LogP contribution in [0.25, 0.3) is 0 Å². The van der Waals surface area contributed by atoms with Crippen LogP contribution in [0.3, 0.4) is 0 Å². The molecule has 1 unspecified atom stereocenters. The normalized spacial score (nSPS) is 12.3. The van der Waals surface area contributed by atoms with Gasteiger partial charge in [-0.25, -0.2) is 14.8 Å². The highest BCUT2D eigenvalue weighted by molar-refractivity contribution is 14.0. The summed E-state index contributed by atoms with van der Waals surface area (Å²) in [5.41, 5.74) is 0.694. The number of nitrogens with one attached hydrogen (secondary N) is 2. The molecule has 0 saturated carbocycles. The molecule has 10 heteroatoms. The SMILES string of the molecule is CCOC(=O)c1sc(C(C)NC(=NC)NCCc2ncc(C)s2)nc1C.I. The van der Waals surface area contributed by atoms with Crippen LogP contribution in [-0.2, 0) is 11.2 Å². The molecule has 0 amide bonds. The summed E-state index contributed by atoms with van der Waals surface area (Å²) >= 11 is 3.06. The molecule has 0 saturated heterocycles. The predicted molar refractivity (Wildman–Crippen MR) is 122 cm³/mol. The Balaban J connectivity index is 0.00000364. The highest BCUT2D eigenvalue weighted by Gasteiger charge is 2.20. The summed E-state index contributed by atoms with van der Waals surface area (Å²) in [7, 11) is 1.73. The Labute approximate surface area is 185 Å². The minimum Gasteiger partial charge on any atom is -0.462 e. The third-order valence-electron chi connectivity index (χ3n) is 3.52. The Morgan fingerprint density at radius 3 is 2.70 bits per heavy atom. The van der Waals surface area contributed by atoms with Crippen molar-refractivity contribution in [2.24, 2.45) is 4.99 Å². The maximum atomic E-state index is 11.9. The van der Waals surface area contributed by atoms with E-state index in [0.29, 0.717) is 23.1 Å². The van der Waals surface area contributed by atoms with E-state index in [9.17, 15) is 4.79 Å². The number of hydrogen-bond acceptors (Lipinski definition) is 7. The van der Waals surface area contributed by atoms with Crippen LogP contribution in [-0.4, -0.2) is 42.1 Å². The van der Waals surface area contributed by atoms with Crippen molar-refractivity contribution in [3.05, 3.63) is 31.7 Å². The fourth-order valence-electron chi connectivity index (χ4n) is 2.25. The molecule has 0 aromatic carbocycles. The van der Waals surface area contributed by atoms with Gasteiger partial charge in [0.2, 0.25) is 0 Å². The van der Waals surface area contributed by atoms with Crippen molar-refractivity contribution in [2.45, 2.75) is 40.2 Å². The molecule has 7 nitrogen and oxygen atoms in total. The average molecular weight is 523 g/mol. The van der Waals surface area contributed by atoms with Gasteiger partial charge >= 0.3 is 5.97 Å². The number of halogens is 1. The van der Waals surface area contributed by atoms with Crippen LogP contribution in [0.5, 0.6) is 0 Å². The molecule has 0 aliphatic heterocycles. The quantitative estimate of drug-likeness (QED) is 0.250. The molecule has 1 atom stereocenters. The number of ether oxygens (including phenoxy) is 1. The van der Waals surface area contributed by atoms with Crippen LogP contribution in [0.1, 0.15) is 50.1 Å². The summed E-state index contributed by atoms with van der Waals surface area (Å²) in [6.45, 7) is 8.75. The molecule has 0 aliphatic carbocycles. The fourth-order valence-corrected chi connectivity index (χ4v) is 4.00. The number of esters is 1. The number of hydrogen-bond donors (Lipinski definition) is 2. The van der Waals surface area contributed by atoms with E-state index in [4.69, 9.17) is 4.74 Å². The summed E-state index contributed by atoms with van der Waals surface area (Å²) in [5, 5.41) is 8.51. The Morgan fingerprint density at radius 1 is 1.37 bits per heavy atom. The first-order valence-electron chi connectivity index (χ1n) is 8.47. The van der Waals surface area contributed by atoms with E-state index in [1.807, 2.05) is 20.0 Å². The third-order valence-corrected chi connectivity index (χ3v) is 5.81. The Morgan fingerprint density at radius 2 is 2.11 bits per heavy atom. The summed E-state index contributed by atoms with van der Waals surface area (Å²) < 4.78 is 5.07. The highest BCUT2D eigenvalue weighted by atomic mass is 127. The van der Waals surface area contributed by atoms with E-state index >= 15 is 0 Å². The van der Waals surface area contributed by atoms with Gasteiger partial charge < -0.3 is 15.4 Å². The smallest absolute Gasteiger partial charge is 0.350 e. The van der Waals surface area contributed by atoms with E-state index in [1.54, 1.807) is 25.3 Å². The van der Waals surface area contributed by atoms with Gasteiger partial charge in [0, 0.05) is 31.1 Å². The van der Waals surface area contributed by atoms with Crippen LogP contribution in [0, 0.1) is 13.8 Å². The van der Waals surface area contributed by atoms with Crippen LogP contribution in [0.2, 0.25) is 0 Å². The van der Waals surface area contributed by atoms with Gasteiger partial charge in [-0.1, -0.05) is 0 Å². The summed E-state index contributed by atoms with van der Waals surface area (Å²) in [6, 6.07) is -0.0739. The van der Waals surface area contributed by atoms with Crippen molar-refractivity contribution >= 4 is 58.6 Å². The van der Waals surface area contributed by atoms with Crippen molar-refractivity contribution in [1.29, 1.82) is 0 Å². The average Bonchev–Trinajstić information content (AvgIpc) is 3.19. The second-order valence-corrected chi connectivity index (χ2v) is 8.02. The van der Waals surface area contributed by atoms with E-state index in [1.165, 1.54) is 16.2 Å². The molecular formula is C17H26IN5O2S2. The summed E-state index contributed by atoms with van der Waals surface area (Å²) in [5.74, 6) is 0.374. The standard InChI is InChI=1S/C17H25N5O2S2.HI/c1-6-24-16(23)14-11(3)21-15(26-14)12(4)22-17(18-5)19-8-7-13-20-9-10(2)25-13;/h9,12H,6-8H2,1-5H3,(H2,18,19,22);1H. The molecule has 150 valence electrons. The molecular weight excluding hydrogens is 497 g/mol. The molecule has 0 aliphatic rings. The molecule has 2 aromatic rings. The summed E-state index contributed by atoms with van der Waals surface area (Å²) in [4.78, 5) is 26.8. The predicted octanol–water partition coefficient (Wildman–Crippen LogP) is 3.48. The number of thiazole rings is 2. The molecule has 0 bridgehead atoms. The maximum absolute atomic E-state index is 11.9. The van der Waals surface area contributed by atoms with Gasteiger partial charge in [-0.3, -0.25) is 4.99 Å². The monoisotopic (exact) mass is 523 g/mol. The third kappa shape index (κ3) is 7.00. The minimum absolute atomic E-state index is 0. The molecule has 2 rings (SSSR count). The number of aliphatic imine (C=N–C) groups is 1. The number of guanidine groups is 1. The van der Waals surface area contributed by atoms with Crippen LogP contribution in [0.15, 0.2) is 11.2 Å². The van der Waals surface area contributed by atoms with Gasteiger partial charge in [0.25, 0.3) is 0 Å². The molecule has 27 heavy (non-hydrogen) atoms. The zero-order valence-electron chi connectivity index (χ0n) is 16.2. The lowest BCUT2D eigenvalue weighted by Gasteiger charge is -2.15. The van der Waals surface area contributed by atoms with Crippen molar-refractivity contribution in [3.8, 4) is 0 Å². The number of nitrogens with zero attached hydrogens (tertiary/aromatic N) is 3. The molecule has 2 aromatic heterocycles. The van der Waals surface area contributed by atoms with E-state index in [0.717, 1.165) is 23.0 Å². The first-order valence-corrected chi connectivity index (χ1v) is 10.1. The van der Waals surface area contributed by atoms with Crippen LogP contribution in [0.4, 0.5) is 0 Å². The Bertz CT molecular complexity index is 775. The maximum Gasteiger partial charge on any atom is 0.350 e. The van der Waals surface area contributed by atoms with Crippen molar-refractivity contribution in [1.82, 2.24) is 20.6 Å². The zero-order valence-corrected chi connectivity index (χ0v) is 20.1. The second-order valence-electron chi connectivity index (χ2n) is 5.67. The van der Waals surface area contributed by atoms with E-state index in [2.05, 4.69) is 32.5 Å². The lowest BCUT2D eigenvalue weighted by atomic mass is 10.3. The Kier molecular flexibility index (Phi) is 10.2. The molecule has 2 heterocycles. The van der Waals surface area contributed by atoms with E-state index < -0.39 is 0 Å². The van der Waals surface area contributed by atoms with Gasteiger partial charge in [0.1, 0.15) is 9.88 Å². The van der Waals surface area contributed by atoms with Crippen LogP contribution < -0.4 is 10.6 Å². The lowest BCUT2D eigenvalue weighted by molar-refractivity contribution is 0.0531. The topological polar surface area (TPSA) is 88.5 Å². The molecule has 2 N–H and O–H groups in total. The first-order chi connectivity index (χ1) is 12.4. The van der Waals surface area contributed by atoms with E-state index in [-0.39, 0.29) is 36.0 Å². The largest absolute Gasteiger partial charge is 0.462 e. The Hall–Kier alpha value is -1.27. The molecule has 0 radical (unpaired) electrons. The summed E-state index contributed by atoms with van der Waals surface area (Å²) in [6.07, 6.45) is 2.73. The van der Waals surface area contributed by atoms with Crippen molar-refractivity contribution < 1.29 is 9.53 Å². The number of aromatic nitrogens is 2. The van der Waals surface area contributed by atoms with Crippen molar-refractivity contribution in [2.75, 3.05) is 20.2 Å². The van der Waals surface area contributed by atoms with Gasteiger partial charge in [0.15, 0.2) is 5.96 Å². The van der Waals surface area contributed by atoms with Gasteiger partial charge in [-0.2, -0.15) is 0 Å². The first kappa shape index (κ1) is 23.8. The molecule has 0 spiro atoms. The van der Waals surface area contributed by atoms with Crippen molar-refractivity contribution in [3.63, 3.8) is 0 Å². The fraction of sp³-hybridized carbons (Fsp3) is 0.529. The van der Waals surface area contributed by atoms with Crippen LogP contribution >= 0.6 is 46.7 Å². The molecule has 0 fully saturated rings. The number of aryl methyl sites for hydroxylation is 2. The minimum atomic E-state index is -0.317.